The Kier molecular flexibility index (Phi) is 8.94. The van der Waals surface area contributed by atoms with Crippen molar-refractivity contribution in [2.75, 3.05) is 33.7 Å². The summed E-state index contributed by atoms with van der Waals surface area (Å²) in [7, 11) is 4.60. The second-order valence-corrected chi connectivity index (χ2v) is 10.8. The summed E-state index contributed by atoms with van der Waals surface area (Å²) >= 11 is 0. The van der Waals surface area contributed by atoms with Crippen LogP contribution in [0.25, 0.3) is 0 Å². The maximum absolute atomic E-state index is 11.6. The molecule has 0 spiro atoms. The molecule has 0 unspecified atom stereocenters. The van der Waals surface area contributed by atoms with E-state index in [1.165, 1.54) is 50.1 Å². The minimum atomic E-state index is -0.493. The van der Waals surface area contributed by atoms with Crippen LogP contribution in [0.1, 0.15) is 76.5 Å². The van der Waals surface area contributed by atoms with Crippen LogP contribution in [-0.4, -0.2) is 78.5 Å². The van der Waals surface area contributed by atoms with Crippen LogP contribution in [0, 0.1) is 0 Å². The first-order valence-corrected chi connectivity index (χ1v) is 12.6. The monoisotopic (exact) mass is 457 g/mol. The molecule has 0 N–H and O–H groups in total. The molecule has 0 bridgehead atoms. The number of likely N-dealkylation sites (tertiary alicyclic amines) is 2. The molecule has 1 aliphatic carbocycles. The van der Waals surface area contributed by atoms with Gasteiger partial charge in [-0.1, -0.05) is 24.3 Å². The molecular weight excluding hydrogens is 414 g/mol. The van der Waals surface area contributed by atoms with E-state index in [0.29, 0.717) is 12.6 Å². The van der Waals surface area contributed by atoms with Crippen molar-refractivity contribution in [3.8, 4) is 0 Å². The Balaban J connectivity index is 0.000000196. The molecule has 6 nitrogen and oxygen atoms in total. The summed E-state index contributed by atoms with van der Waals surface area (Å²) in [6.45, 7) is 8.57. The van der Waals surface area contributed by atoms with E-state index in [1.807, 2.05) is 20.8 Å². The first kappa shape index (κ1) is 25.7. The van der Waals surface area contributed by atoms with E-state index in [4.69, 9.17) is 4.74 Å². The summed E-state index contributed by atoms with van der Waals surface area (Å²) in [5, 5.41) is 0. The second-order valence-electron chi connectivity index (χ2n) is 10.8. The topological polar surface area (TPSA) is 53.1 Å². The number of aryl methyl sites for hydroxylation is 1. The van der Waals surface area contributed by atoms with Crippen LogP contribution in [0.2, 0.25) is 0 Å². The SMILES string of the molecule is CC(C)(C)OC(=O)N1CCC[C@H]1C=O.CN1CCC[C@H]1CN(C)[C@@H]1CCCc2ccccc21. The maximum atomic E-state index is 11.6. The average Bonchev–Trinajstić information content (AvgIpc) is 3.41. The van der Waals surface area contributed by atoms with Crippen molar-refractivity contribution in [2.24, 2.45) is 0 Å². The number of aldehydes is 1. The van der Waals surface area contributed by atoms with Gasteiger partial charge in [-0.25, -0.2) is 4.79 Å². The van der Waals surface area contributed by atoms with Crippen molar-refractivity contribution >= 4 is 12.4 Å². The standard InChI is InChI=1S/C17H26N2.C10H17NO3/c1-18-12-6-9-15(18)13-19(2)17-11-5-8-14-7-3-4-10-16(14)17;1-10(2,3)14-9(13)11-6-4-5-8(11)7-12/h3-4,7,10,15,17H,5-6,8-9,11-13H2,1-2H3;7-8H,4-6H2,1-3H3/t15-,17+;8-/m00/s1. The van der Waals surface area contributed by atoms with Crippen LogP contribution in [-0.2, 0) is 16.0 Å². The molecule has 2 saturated heterocycles. The van der Waals surface area contributed by atoms with E-state index in [0.717, 1.165) is 25.2 Å². The van der Waals surface area contributed by atoms with Gasteiger partial charge in [0.2, 0.25) is 0 Å². The molecule has 0 radical (unpaired) electrons. The summed E-state index contributed by atoms with van der Waals surface area (Å²) in [6, 6.07) is 10.2. The number of nitrogens with zero attached hydrogens (tertiary/aromatic N) is 3. The third-order valence-corrected chi connectivity index (χ3v) is 7.12. The van der Waals surface area contributed by atoms with E-state index < -0.39 is 5.60 Å². The van der Waals surface area contributed by atoms with Crippen molar-refractivity contribution in [2.45, 2.75) is 89.4 Å². The Hall–Kier alpha value is -1.92. The number of ether oxygens (including phenoxy) is 1. The highest BCUT2D eigenvalue weighted by Gasteiger charge is 2.31. The Labute approximate surface area is 200 Å². The minimum absolute atomic E-state index is 0.287. The predicted octanol–water partition coefficient (Wildman–Crippen LogP) is 4.67. The fourth-order valence-corrected chi connectivity index (χ4v) is 5.34. The summed E-state index contributed by atoms with van der Waals surface area (Å²) in [6.07, 6.45) is 8.74. The molecule has 0 saturated carbocycles. The van der Waals surface area contributed by atoms with Crippen molar-refractivity contribution in [3.63, 3.8) is 0 Å². The van der Waals surface area contributed by atoms with Gasteiger partial charge in [-0.15, -0.1) is 0 Å². The zero-order valence-corrected chi connectivity index (χ0v) is 21.3. The zero-order valence-electron chi connectivity index (χ0n) is 21.3. The van der Waals surface area contributed by atoms with Gasteiger partial charge < -0.3 is 14.4 Å². The van der Waals surface area contributed by atoms with Crippen LogP contribution < -0.4 is 0 Å². The molecule has 1 aromatic rings. The largest absolute Gasteiger partial charge is 0.444 e. The van der Waals surface area contributed by atoms with Crippen LogP contribution in [0.5, 0.6) is 0 Å². The lowest BCUT2D eigenvalue weighted by Gasteiger charge is -2.36. The fourth-order valence-electron chi connectivity index (χ4n) is 5.34. The lowest BCUT2D eigenvalue weighted by Crippen LogP contribution is -2.40. The smallest absolute Gasteiger partial charge is 0.410 e. The molecule has 6 heteroatoms. The fraction of sp³-hybridized carbons (Fsp3) is 0.704. The van der Waals surface area contributed by atoms with Gasteiger partial charge in [-0.2, -0.15) is 0 Å². The lowest BCUT2D eigenvalue weighted by molar-refractivity contribution is -0.111. The Bertz CT molecular complexity index is 791. The molecule has 1 amide bonds. The van der Waals surface area contributed by atoms with E-state index >= 15 is 0 Å². The van der Waals surface area contributed by atoms with Gasteiger partial charge in [0.1, 0.15) is 11.9 Å². The number of rotatable bonds is 4. The Morgan fingerprint density at radius 1 is 1.12 bits per heavy atom. The van der Waals surface area contributed by atoms with Crippen molar-refractivity contribution < 1.29 is 14.3 Å². The number of hydrogen-bond acceptors (Lipinski definition) is 5. The molecule has 1 aromatic carbocycles. The number of likely N-dealkylation sites (N-methyl/N-ethyl adjacent to an activating group) is 2. The Morgan fingerprint density at radius 2 is 1.85 bits per heavy atom. The zero-order chi connectivity index (χ0) is 24.0. The normalized spacial score (nSPS) is 25.4. The second kappa shape index (κ2) is 11.5. The van der Waals surface area contributed by atoms with E-state index in [9.17, 15) is 9.59 Å². The molecule has 2 fully saturated rings. The first-order valence-electron chi connectivity index (χ1n) is 12.6. The van der Waals surface area contributed by atoms with Gasteiger partial charge in [0, 0.05) is 25.2 Å². The quantitative estimate of drug-likeness (QED) is 0.615. The van der Waals surface area contributed by atoms with Crippen molar-refractivity contribution in [3.05, 3.63) is 35.4 Å². The lowest BCUT2D eigenvalue weighted by atomic mass is 9.87. The van der Waals surface area contributed by atoms with Crippen LogP contribution >= 0.6 is 0 Å². The summed E-state index contributed by atoms with van der Waals surface area (Å²) in [5.41, 5.74) is 2.66. The highest BCUT2D eigenvalue weighted by molar-refractivity contribution is 5.74. The van der Waals surface area contributed by atoms with Crippen LogP contribution in [0.4, 0.5) is 4.79 Å². The molecule has 184 valence electrons. The van der Waals surface area contributed by atoms with Crippen LogP contribution in [0.15, 0.2) is 24.3 Å². The van der Waals surface area contributed by atoms with E-state index in [-0.39, 0.29) is 12.1 Å². The van der Waals surface area contributed by atoms with Gasteiger partial charge >= 0.3 is 6.09 Å². The Morgan fingerprint density at radius 3 is 2.52 bits per heavy atom. The number of carbonyl (C=O) groups is 2. The minimum Gasteiger partial charge on any atom is -0.444 e. The van der Waals surface area contributed by atoms with Crippen LogP contribution in [0.3, 0.4) is 0 Å². The van der Waals surface area contributed by atoms with E-state index in [1.54, 1.807) is 11.1 Å². The van der Waals surface area contributed by atoms with Gasteiger partial charge in [-0.3, -0.25) is 9.80 Å². The molecule has 2 aliphatic heterocycles. The molecule has 3 atom stereocenters. The van der Waals surface area contributed by atoms with Gasteiger partial charge in [0.15, 0.2) is 0 Å². The van der Waals surface area contributed by atoms with Crippen molar-refractivity contribution in [1.29, 1.82) is 0 Å². The third-order valence-electron chi connectivity index (χ3n) is 7.12. The summed E-state index contributed by atoms with van der Waals surface area (Å²) < 4.78 is 5.18. The van der Waals surface area contributed by atoms with Crippen molar-refractivity contribution in [1.82, 2.24) is 14.7 Å². The third kappa shape index (κ3) is 7.03. The summed E-state index contributed by atoms with van der Waals surface area (Å²) in [4.78, 5) is 28.8. The molecule has 2 heterocycles. The molecule has 4 rings (SSSR count). The predicted molar refractivity (Wildman–Crippen MR) is 132 cm³/mol. The average molecular weight is 458 g/mol. The molecular formula is C27H43N3O3. The first-order chi connectivity index (χ1) is 15.7. The molecule has 0 aromatic heterocycles. The number of amides is 1. The highest BCUT2D eigenvalue weighted by Crippen LogP contribution is 2.34. The number of hydrogen-bond donors (Lipinski definition) is 0. The maximum Gasteiger partial charge on any atom is 0.410 e. The highest BCUT2D eigenvalue weighted by atomic mass is 16.6. The number of carbonyl (C=O) groups excluding carboxylic acids is 2. The van der Waals surface area contributed by atoms with Gasteiger partial charge in [0.05, 0.1) is 6.04 Å². The van der Waals surface area contributed by atoms with Gasteiger partial charge in [0.25, 0.3) is 0 Å². The number of benzene rings is 1. The summed E-state index contributed by atoms with van der Waals surface area (Å²) in [5.74, 6) is 0. The van der Waals surface area contributed by atoms with Gasteiger partial charge in [-0.05, 0) is 97.5 Å². The molecule has 33 heavy (non-hydrogen) atoms. The molecule has 3 aliphatic rings. The van der Waals surface area contributed by atoms with E-state index in [2.05, 4.69) is 48.2 Å². The number of fused-ring (bicyclic) bond motifs is 1.